The Balaban J connectivity index is 2.05. The van der Waals surface area contributed by atoms with Crippen LogP contribution in [-0.4, -0.2) is 63.2 Å². The van der Waals surface area contributed by atoms with Gasteiger partial charge in [-0.1, -0.05) is 42.5 Å². The molecule has 0 atom stereocenters. The second kappa shape index (κ2) is 14.4. The maximum absolute atomic E-state index is 14.2. The van der Waals surface area contributed by atoms with Crippen LogP contribution in [0.15, 0.2) is 72.8 Å². The van der Waals surface area contributed by atoms with Crippen LogP contribution >= 0.6 is 0 Å². The zero-order chi connectivity index (χ0) is 31.7. The highest BCUT2D eigenvalue weighted by Crippen LogP contribution is 2.30. The van der Waals surface area contributed by atoms with Gasteiger partial charge in [-0.15, -0.1) is 0 Å². The van der Waals surface area contributed by atoms with Crippen molar-refractivity contribution in [2.24, 2.45) is 0 Å². The summed E-state index contributed by atoms with van der Waals surface area (Å²) in [5.74, 6) is -1.07. The largest absolute Gasteiger partial charge is 0.482 e. The lowest BCUT2D eigenvalue weighted by Crippen LogP contribution is -2.48. The van der Waals surface area contributed by atoms with E-state index < -0.39 is 24.1 Å². The molecule has 0 radical (unpaired) electrons. The molecule has 0 aliphatic carbocycles. The molecule has 0 unspecified atom stereocenters. The molecule has 3 aromatic carbocycles. The van der Waals surface area contributed by atoms with Crippen LogP contribution in [0.2, 0.25) is 0 Å². The predicted octanol–water partition coefficient (Wildman–Crippen LogP) is 4.87. The van der Waals surface area contributed by atoms with Crippen LogP contribution in [0.3, 0.4) is 0 Å². The van der Waals surface area contributed by atoms with E-state index in [0.717, 1.165) is 11.1 Å². The number of para-hydroxylation sites is 3. The Labute approximate surface area is 253 Å². The number of hydrogen-bond donors (Lipinski definition) is 1. The zero-order valence-corrected chi connectivity index (χ0v) is 25.8. The van der Waals surface area contributed by atoms with E-state index in [2.05, 4.69) is 5.32 Å². The highest BCUT2D eigenvalue weighted by atomic mass is 16.6. The fourth-order valence-corrected chi connectivity index (χ4v) is 4.18. The van der Waals surface area contributed by atoms with Crippen molar-refractivity contribution in [3.63, 3.8) is 0 Å². The molecule has 0 bridgehead atoms. The second-order valence-electron chi connectivity index (χ2n) is 11.0. The summed E-state index contributed by atoms with van der Waals surface area (Å²) in [6.45, 7) is 7.95. The minimum absolute atomic E-state index is 0.227. The number of anilines is 3. The Morgan fingerprint density at radius 2 is 1.37 bits per heavy atom. The van der Waals surface area contributed by atoms with Crippen LogP contribution in [0.1, 0.15) is 31.9 Å². The molecule has 0 aliphatic rings. The molecule has 43 heavy (non-hydrogen) atoms. The third-order valence-electron chi connectivity index (χ3n) is 6.68. The maximum Gasteiger partial charge on any atom is 0.415 e. The normalized spacial score (nSPS) is 10.9. The number of carbonyl (C=O) groups excluding carboxylic acids is 4. The average molecular weight is 589 g/mol. The molecule has 0 aromatic heterocycles. The van der Waals surface area contributed by atoms with Gasteiger partial charge in [0.1, 0.15) is 24.4 Å². The summed E-state index contributed by atoms with van der Waals surface area (Å²) in [6, 6.07) is 21.1. The molecule has 0 heterocycles. The van der Waals surface area contributed by atoms with E-state index in [4.69, 9.17) is 9.47 Å². The van der Waals surface area contributed by atoms with Gasteiger partial charge in [-0.2, -0.15) is 0 Å². The number of likely N-dealkylation sites (N-methyl/N-ethyl adjacent to an activating group) is 2. The van der Waals surface area contributed by atoms with Crippen LogP contribution in [0.25, 0.3) is 0 Å². The smallest absolute Gasteiger partial charge is 0.415 e. The van der Waals surface area contributed by atoms with E-state index in [1.165, 1.54) is 21.7 Å². The number of rotatable bonds is 10. The van der Waals surface area contributed by atoms with E-state index in [9.17, 15) is 19.2 Å². The second-order valence-corrected chi connectivity index (χ2v) is 11.0. The Morgan fingerprint density at radius 1 is 0.767 bits per heavy atom. The molecule has 0 aliphatic heterocycles. The van der Waals surface area contributed by atoms with Crippen molar-refractivity contribution in [1.29, 1.82) is 0 Å². The number of ether oxygens (including phenoxy) is 2. The first kappa shape index (κ1) is 32.7. The Morgan fingerprint density at radius 3 is 2.02 bits per heavy atom. The lowest BCUT2D eigenvalue weighted by molar-refractivity contribution is -0.122. The van der Waals surface area contributed by atoms with Crippen molar-refractivity contribution in [3.05, 3.63) is 83.9 Å². The van der Waals surface area contributed by atoms with E-state index in [-0.39, 0.29) is 36.4 Å². The number of hydrogen-bond acceptors (Lipinski definition) is 6. The number of amides is 4. The van der Waals surface area contributed by atoms with Crippen molar-refractivity contribution < 1.29 is 28.7 Å². The maximum atomic E-state index is 14.2. The fraction of sp³-hybridized carbons (Fsp3) is 0.333. The lowest BCUT2D eigenvalue weighted by Gasteiger charge is -2.31. The number of benzene rings is 3. The molecular formula is C33H40N4O6. The SMILES string of the molecule is CNC(=O)COc1ccccc1N(CC(=O)N(C)c1ccccc1)C(=O)CN(C(=O)OC(C)(C)C)c1cccc(C)c1C. The first-order chi connectivity index (χ1) is 20.3. The molecule has 3 aromatic rings. The van der Waals surface area contributed by atoms with Gasteiger partial charge in [-0.3, -0.25) is 24.2 Å². The van der Waals surface area contributed by atoms with Gasteiger partial charge in [0.25, 0.3) is 5.91 Å². The Hall–Kier alpha value is -4.86. The molecule has 4 amide bonds. The van der Waals surface area contributed by atoms with Crippen LogP contribution in [0.5, 0.6) is 5.75 Å². The van der Waals surface area contributed by atoms with Gasteiger partial charge in [-0.05, 0) is 76.1 Å². The van der Waals surface area contributed by atoms with Gasteiger partial charge in [-0.25, -0.2) is 4.79 Å². The third kappa shape index (κ3) is 8.81. The van der Waals surface area contributed by atoms with Gasteiger partial charge in [0.15, 0.2) is 6.61 Å². The van der Waals surface area contributed by atoms with Crippen molar-refractivity contribution in [3.8, 4) is 5.75 Å². The summed E-state index contributed by atoms with van der Waals surface area (Å²) in [7, 11) is 3.11. The summed E-state index contributed by atoms with van der Waals surface area (Å²) >= 11 is 0. The van der Waals surface area contributed by atoms with E-state index >= 15 is 0 Å². The van der Waals surface area contributed by atoms with Gasteiger partial charge in [0.05, 0.1) is 11.4 Å². The minimum Gasteiger partial charge on any atom is -0.482 e. The van der Waals surface area contributed by atoms with Crippen LogP contribution in [0.4, 0.5) is 21.9 Å². The highest BCUT2D eigenvalue weighted by molar-refractivity contribution is 6.07. The molecule has 0 fully saturated rings. The predicted molar refractivity (Wildman–Crippen MR) is 168 cm³/mol. The summed E-state index contributed by atoms with van der Waals surface area (Å²) in [6.07, 6.45) is -0.702. The third-order valence-corrected chi connectivity index (χ3v) is 6.68. The summed E-state index contributed by atoms with van der Waals surface area (Å²) < 4.78 is 11.4. The van der Waals surface area contributed by atoms with Gasteiger partial charge >= 0.3 is 6.09 Å². The molecule has 3 rings (SSSR count). The van der Waals surface area contributed by atoms with Gasteiger partial charge in [0.2, 0.25) is 11.8 Å². The summed E-state index contributed by atoms with van der Waals surface area (Å²) in [4.78, 5) is 57.2. The minimum atomic E-state index is -0.815. The van der Waals surface area contributed by atoms with Crippen LogP contribution < -0.4 is 24.8 Å². The first-order valence-electron chi connectivity index (χ1n) is 13.9. The van der Waals surface area contributed by atoms with E-state index in [1.807, 2.05) is 38.1 Å². The molecule has 0 saturated carbocycles. The number of aryl methyl sites for hydroxylation is 1. The molecule has 1 N–H and O–H groups in total. The first-order valence-corrected chi connectivity index (χ1v) is 13.9. The molecular weight excluding hydrogens is 548 g/mol. The van der Waals surface area contributed by atoms with Crippen molar-refractivity contribution in [2.75, 3.05) is 48.5 Å². The Bertz CT molecular complexity index is 1450. The number of nitrogens with zero attached hydrogens (tertiary/aromatic N) is 3. The number of nitrogens with one attached hydrogen (secondary N) is 1. The lowest BCUT2D eigenvalue weighted by atomic mass is 10.1. The van der Waals surface area contributed by atoms with Crippen LogP contribution in [0, 0.1) is 13.8 Å². The molecule has 0 saturated heterocycles. The van der Waals surface area contributed by atoms with Gasteiger partial charge in [0, 0.05) is 19.8 Å². The molecule has 0 spiro atoms. The summed E-state index contributed by atoms with van der Waals surface area (Å²) in [5.41, 5.74) is 2.36. The topological polar surface area (TPSA) is 108 Å². The van der Waals surface area contributed by atoms with Crippen LogP contribution in [-0.2, 0) is 19.1 Å². The molecule has 10 nitrogen and oxygen atoms in total. The standard InChI is InChI=1S/C33H40N4O6/c1-23-14-13-18-26(24(23)2)37(32(41)43-33(3,4)5)21-31(40)36(20-30(39)35(7)25-15-9-8-10-16-25)27-17-11-12-19-28(27)42-22-29(38)34-6/h8-19H,20-22H2,1-7H3,(H,34,38). The molecule has 10 heteroatoms. The Kier molecular flexibility index (Phi) is 10.9. The fourth-order valence-electron chi connectivity index (χ4n) is 4.18. The van der Waals surface area contributed by atoms with Gasteiger partial charge < -0.3 is 19.7 Å². The van der Waals surface area contributed by atoms with Crippen molar-refractivity contribution in [1.82, 2.24) is 5.32 Å². The van der Waals surface area contributed by atoms with E-state index in [1.54, 1.807) is 76.3 Å². The zero-order valence-electron chi connectivity index (χ0n) is 25.8. The molecule has 228 valence electrons. The average Bonchev–Trinajstić information content (AvgIpc) is 2.98. The highest BCUT2D eigenvalue weighted by Gasteiger charge is 2.31. The van der Waals surface area contributed by atoms with Crippen molar-refractivity contribution >= 4 is 40.9 Å². The summed E-state index contributed by atoms with van der Waals surface area (Å²) in [5, 5.41) is 2.49. The quantitative estimate of drug-likeness (QED) is 0.362. The number of carbonyl (C=O) groups is 4. The monoisotopic (exact) mass is 588 g/mol. The van der Waals surface area contributed by atoms with E-state index in [0.29, 0.717) is 11.4 Å². The van der Waals surface area contributed by atoms with Crippen molar-refractivity contribution in [2.45, 2.75) is 40.2 Å².